The molecule has 0 aliphatic rings. The van der Waals surface area contributed by atoms with Crippen LogP contribution in [0.15, 0.2) is 28.8 Å². The Hall–Kier alpha value is -1.07. The van der Waals surface area contributed by atoms with Crippen molar-refractivity contribution < 1.29 is 14.1 Å². The van der Waals surface area contributed by atoms with Crippen LogP contribution in [0.25, 0.3) is 5.70 Å². The summed E-state index contributed by atoms with van der Waals surface area (Å²) in [6.45, 7) is 4.10. The van der Waals surface area contributed by atoms with Crippen molar-refractivity contribution >= 4 is 36.1 Å². The number of nitrogens with zero attached hydrogens (tertiary/aromatic N) is 1. The van der Waals surface area contributed by atoms with Crippen LogP contribution >= 0.6 is 11.8 Å². The molecule has 1 aromatic heterocycles. The second-order valence-corrected chi connectivity index (χ2v) is 4.83. The Balaban J connectivity index is 3.16. The maximum absolute atomic E-state index is 11.8. The lowest BCUT2D eigenvalue weighted by Gasteiger charge is -2.11. The van der Waals surface area contributed by atoms with Crippen molar-refractivity contribution in [1.82, 2.24) is 0 Å². The summed E-state index contributed by atoms with van der Waals surface area (Å²) in [7, 11) is 0. The maximum atomic E-state index is 11.8. The highest BCUT2D eigenvalue weighted by Crippen LogP contribution is 2.16. The van der Waals surface area contributed by atoms with Crippen molar-refractivity contribution in [2.45, 2.75) is 13.8 Å². The molecule has 0 aromatic carbocycles. The van der Waals surface area contributed by atoms with Crippen LogP contribution in [0.3, 0.4) is 0 Å². The number of aromatic nitrogens is 1. The van der Waals surface area contributed by atoms with Gasteiger partial charge in [-0.25, -0.2) is 4.79 Å². The summed E-state index contributed by atoms with van der Waals surface area (Å²) >= 11 is 6.55. The predicted molar refractivity (Wildman–Crippen MR) is 72.1 cm³/mol. The molecule has 0 aliphatic carbocycles. The van der Waals surface area contributed by atoms with Crippen LogP contribution in [-0.4, -0.2) is 18.8 Å². The molecular weight excluding hydrogens is 254 g/mol. The third kappa shape index (κ3) is 3.71. The number of carbonyl (C=O) groups excluding carboxylic acids is 1. The largest absolute Gasteiger partial charge is 0.766 e. The van der Waals surface area contributed by atoms with E-state index in [1.807, 2.05) is 37.7 Å². The Labute approximate surface area is 111 Å². The van der Waals surface area contributed by atoms with E-state index in [0.717, 1.165) is 5.56 Å². The Kier molecular flexibility index (Phi) is 5.44. The molecular formula is C12H15NO2S2. The van der Waals surface area contributed by atoms with Crippen LogP contribution < -0.4 is 4.57 Å². The highest BCUT2D eigenvalue weighted by Gasteiger charge is 2.21. The normalized spacial score (nSPS) is 11.9. The Bertz CT molecular complexity index is 427. The van der Waals surface area contributed by atoms with Gasteiger partial charge in [0.2, 0.25) is 0 Å². The van der Waals surface area contributed by atoms with Gasteiger partial charge in [0.15, 0.2) is 12.4 Å². The second kappa shape index (κ2) is 6.61. The maximum Gasteiger partial charge on any atom is 0.403 e. The average Bonchev–Trinajstić information content (AvgIpc) is 2.32. The first-order valence-electron chi connectivity index (χ1n) is 5.20. The molecule has 3 nitrogen and oxygen atoms in total. The van der Waals surface area contributed by atoms with Crippen molar-refractivity contribution in [3.63, 3.8) is 0 Å². The van der Waals surface area contributed by atoms with Crippen molar-refractivity contribution in [3.8, 4) is 0 Å². The lowest BCUT2D eigenvalue weighted by molar-refractivity contribution is -0.578. The van der Waals surface area contributed by atoms with E-state index in [-0.39, 0.29) is 5.97 Å². The Morgan fingerprint density at radius 1 is 1.47 bits per heavy atom. The second-order valence-electron chi connectivity index (χ2n) is 3.34. The predicted octanol–water partition coefficient (Wildman–Crippen LogP) is 1.88. The number of thioether (sulfide) groups is 1. The monoisotopic (exact) mass is 269 g/mol. The molecule has 0 saturated carbocycles. The molecule has 0 radical (unpaired) electrons. The lowest BCUT2D eigenvalue weighted by atomic mass is 10.3. The first-order chi connectivity index (χ1) is 8.10. The standard InChI is InChI=1S/C12H15NO2S2/c1-4-15-11(14)10(12(16)17-3)13-7-5-9(2)6-8-13/h5-8H,4H2,1-3H3. The van der Waals surface area contributed by atoms with E-state index >= 15 is 0 Å². The number of rotatable bonds is 4. The van der Waals surface area contributed by atoms with Gasteiger partial charge in [-0.15, -0.1) is 0 Å². The highest BCUT2D eigenvalue weighted by molar-refractivity contribution is 8.10. The number of aryl methyl sites for hydroxylation is 1. The zero-order valence-electron chi connectivity index (χ0n) is 10.1. The van der Waals surface area contributed by atoms with Gasteiger partial charge in [-0.2, -0.15) is 16.3 Å². The molecule has 1 aromatic rings. The molecule has 0 aliphatic heterocycles. The van der Waals surface area contributed by atoms with E-state index in [2.05, 4.69) is 0 Å². The molecule has 0 unspecified atom stereocenters. The van der Waals surface area contributed by atoms with Gasteiger partial charge in [0.1, 0.15) is 0 Å². The molecule has 0 spiro atoms. The summed E-state index contributed by atoms with van der Waals surface area (Å²) in [5, 5.41) is 0. The number of ether oxygens (including phenoxy) is 1. The van der Waals surface area contributed by atoms with E-state index in [9.17, 15) is 4.79 Å². The van der Waals surface area contributed by atoms with Gasteiger partial charge in [-0.1, -0.05) is 4.24 Å². The molecule has 0 fully saturated rings. The van der Waals surface area contributed by atoms with Crippen molar-refractivity contribution in [2.75, 3.05) is 12.9 Å². The summed E-state index contributed by atoms with van der Waals surface area (Å²) in [6.07, 6.45) is 5.46. The number of hydrogen-bond donors (Lipinski definition) is 0. The van der Waals surface area contributed by atoms with Crippen molar-refractivity contribution in [2.24, 2.45) is 0 Å². The molecule has 0 saturated heterocycles. The van der Waals surface area contributed by atoms with E-state index < -0.39 is 0 Å². The first-order valence-corrected chi connectivity index (χ1v) is 6.84. The summed E-state index contributed by atoms with van der Waals surface area (Å²) in [4.78, 5) is 11.8. The first kappa shape index (κ1) is 14.0. The Morgan fingerprint density at radius 2 is 2.06 bits per heavy atom. The van der Waals surface area contributed by atoms with Crippen LogP contribution in [0.1, 0.15) is 12.5 Å². The molecule has 1 rings (SSSR count). The minimum Gasteiger partial charge on any atom is -0.766 e. The van der Waals surface area contributed by atoms with E-state index in [1.165, 1.54) is 11.8 Å². The van der Waals surface area contributed by atoms with Gasteiger partial charge in [-0.05, 0) is 25.7 Å². The van der Waals surface area contributed by atoms with Crippen LogP contribution in [0.4, 0.5) is 0 Å². The highest BCUT2D eigenvalue weighted by atomic mass is 32.2. The van der Waals surface area contributed by atoms with E-state index in [4.69, 9.17) is 17.4 Å². The van der Waals surface area contributed by atoms with Crippen LogP contribution in [0.2, 0.25) is 0 Å². The van der Waals surface area contributed by atoms with Crippen LogP contribution in [0.5, 0.6) is 0 Å². The van der Waals surface area contributed by atoms with Crippen molar-refractivity contribution in [3.05, 3.63) is 34.3 Å². The summed E-state index contributed by atoms with van der Waals surface area (Å²) in [6, 6.07) is 3.84. The SMILES string of the molecule is CCOC(=O)/C(=C(/[S-])SC)[n+]1ccc(C)cc1. The van der Waals surface area contributed by atoms with Gasteiger partial charge >= 0.3 is 5.97 Å². The topological polar surface area (TPSA) is 30.2 Å². The molecule has 0 bridgehead atoms. The van der Waals surface area contributed by atoms with Crippen LogP contribution in [0, 0.1) is 6.92 Å². The molecule has 92 valence electrons. The number of pyridine rings is 1. The third-order valence-corrected chi connectivity index (χ3v) is 3.36. The third-order valence-electron chi connectivity index (χ3n) is 2.10. The summed E-state index contributed by atoms with van der Waals surface area (Å²) in [5.41, 5.74) is 1.52. The van der Waals surface area contributed by atoms with Crippen molar-refractivity contribution in [1.29, 1.82) is 0 Å². The average molecular weight is 269 g/mol. The van der Waals surface area contributed by atoms with E-state index in [1.54, 1.807) is 11.5 Å². The number of carbonyl (C=O) groups is 1. The number of hydrogen-bond acceptors (Lipinski definition) is 4. The molecule has 0 atom stereocenters. The number of esters is 1. The van der Waals surface area contributed by atoms with Gasteiger partial charge in [-0.3, -0.25) is 0 Å². The Morgan fingerprint density at radius 3 is 2.53 bits per heavy atom. The molecule has 5 heteroatoms. The summed E-state index contributed by atoms with van der Waals surface area (Å²) in [5.74, 6) is -0.388. The smallest absolute Gasteiger partial charge is 0.403 e. The molecule has 1 heterocycles. The van der Waals surface area contributed by atoms with Gasteiger partial charge in [0, 0.05) is 12.1 Å². The molecule has 0 N–H and O–H groups in total. The quantitative estimate of drug-likeness (QED) is 0.361. The summed E-state index contributed by atoms with van der Waals surface area (Å²) < 4.78 is 7.24. The fraction of sp³-hybridized carbons (Fsp3) is 0.333. The molecule has 17 heavy (non-hydrogen) atoms. The minimum absolute atomic E-state index is 0.339. The fourth-order valence-electron chi connectivity index (χ4n) is 1.24. The van der Waals surface area contributed by atoms with Crippen LogP contribution in [-0.2, 0) is 22.2 Å². The molecule has 0 amide bonds. The van der Waals surface area contributed by atoms with Gasteiger partial charge in [0.25, 0.3) is 5.70 Å². The zero-order chi connectivity index (χ0) is 12.8. The van der Waals surface area contributed by atoms with Gasteiger partial charge < -0.3 is 17.4 Å². The van der Waals surface area contributed by atoms with E-state index in [0.29, 0.717) is 16.5 Å². The van der Waals surface area contributed by atoms with Gasteiger partial charge in [0.05, 0.1) is 6.61 Å². The zero-order valence-corrected chi connectivity index (χ0v) is 11.7. The minimum atomic E-state index is -0.388. The fourth-order valence-corrected chi connectivity index (χ4v) is 1.81. The lowest BCUT2D eigenvalue weighted by Crippen LogP contribution is -2.37.